The van der Waals surface area contributed by atoms with E-state index in [0.29, 0.717) is 11.4 Å². The summed E-state index contributed by atoms with van der Waals surface area (Å²) in [6.07, 6.45) is 0.289. The molecule has 0 bridgehead atoms. The van der Waals surface area contributed by atoms with Crippen LogP contribution in [-0.2, 0) is 14.3 Å². The second-order valence-corrected chi connectivity index (χ2v) is 5.35. The third kappa shape index (κ3) is 6.56. The molecule has 0 aliphatic rings. The minimum absolute atomic E-state index is 0. The van der Waals surface area contributed by atoms with Crippen LogP contribution in [0.15, 0.2) is 24.3 Å². The Bertz CT molecular complexity index is 525. The number of nitrogens with two attached hydrogens (primary N) is 1. The number of carbonyl (C=O) groups excluding carboxylic acids is 2. The number of carbonyl (C=O) groups is 2. The van der Waals surface area contributed by atoms with Crippen molar-refractivity contribution in [3.05, 3.63) is 24.3 Å². The summed E-state index contributed by atoms with van der Waals surface area (Å²) in [7, 11) is 1.47. The number of methoxy groups -OCH3 is 1. The van der Waals surface area contributed by atoms with Gasteiger partial charge >= 0.3 is 0 Å². The zero-order valence-corrected chi connectivity index (χ0v) is 14.8. The number of halogens is 1. The molecule has 0 spiro atoms. The highest BCUT2D eigenvalue weighted by molar-refractivity contribution is 5.97. The number of benzene rings is 1. The van der Waals surface area contributed by atoms with E-state index in [1.807, 2.05) is 13.8 Å². The van der Waals surface area contributed by atoms with Gasteiger partial charge in [0.2, 0.25) is 5.91 Å². The van der Waals surface area contributed by atoms with Crippen LogP contribution in [0.3, 0.4) is 0 Å². The molecular weight excluding hydrogens is 318 g/mol. The molecule has 0 fully saturated rings. The highest BCUT2D eigenvalue weighted by atomic mass is 35.5. The second kappa shape index (κ2) is 10.2. The van der Waals surface area contributed by atoms with Gasteiger partial charge in [-0.25, -0.2) is 0 Å². The Kier molecular flexibility index (Phi) is 9.48. The summed E-state index contributed by atoms with van der Waals surface area (Å²) < 4.78 is 4.95. The molecule has 0 aliphatic heterocycles. The van der Waals surface area contributed by atoms with Gasteiger partial charge in [0.1, 0.15) is 6.10 Å². The lowest BCUT2D eigenvalue weighted by Gasteiger charge is -2.18. The van der Waals surface area contributed by atoms with Gasteiger partial charge in [-0.1, -0.05) is 26.3 Å². The van der Waals surface area contributed by atoms with Crippen LogP contribution < -0.4 is 16.4 Å². The molecule has 23 heavy (non-hydrogen) atoms. The average Bonchev–Trinajstić information content (AvgIpc) is 2.52. The van der Waals surface area contributed by atoms with Crippen LogP contribution in [0.5, 0.6) is 0 Å². The van der Waals surface area contributed by atoms with Crippen molar-refractivity contribution in [2.24, 2.45) is 11.7 Å². The van der Waals surface area contributed by atoms with Gasteiger partial charge in [0.25, 0.3) is 5.91 Å². The summed E-state index contributed by atoms with van der Waals surface area (Å²) in [6.45, 7) is 5.59. The molecule has 6 nitrogen and oxygen atoms in total. The van der Waals surface area contributed by atoms with Gasteiger partial charge < -0.3 is 21.1 Å². The van der Waals surface area contributed by atoms with E-state index in [0.717, 1.165) is 6.42 Å². The molecule has 3 atom stereocenters. The number of rotatable bonds is 7. The van der Waals surface area contributed by atoms with E-state index < -0.39 is 12.1 Å². The summed E-state index contributed by atoms with van der Waals surface area (Å²) in [5, 5.41) is 5.49. The predicted molar refractivity (Wildman–Crippen MR) is 94.9 cm³/mol. The number of anilines is 2. The average molecular weight is 344 g/mol. The maximum atomic E-state index is 12.1. The van der Waals surface area contributed by atoms with Crippen molar-refractivity contribution in [3.63, 3.8) is 0 Å². The molecule has 3 unspecified atom stereocenters. The molecule has 0 aromatic heterocycles. The van der Waals surface area contributed by atoms with Crippen molar-refractivity contribution in [1.29, 1.82) is 0 Å². The SMILES string of the molecule is CCC(C)C(N)C(=O)Nc1cccc(NC(=O)C(C)OC)c1.Cl. The van der Waals surface area contributed by atoms with Crippen LogP contribution in [-0.4, -0.2) is 31.1 Å². The quantitative estimate of drug-likeness (QED) is 0.708. The van der Waals surface area contributed by atoms with Crippen molar-refractivity contribution in [3.8, 4) is 0 Å². The fraction of sp³-hybridized carbons (Fsp3) is 0.500. The van der Waals surface area contributed by atoms with Gasteiger partial charge in [0.05, 0.1) is 6.04 Å². The topological polar surface area (TPSA) is 93.5 Å². The third-order valence-electron chi connectivity index (χ3n) is 3.68. The molecule has 130 valence electrons. The van der Waals surface area contributed by atoms with E-state index in [1.165, 1.54) is 7.11 Å². The molecule has 4 N–H and O–H groups in total. The molecule has 7 heteroatoms. The Labute approximate surface area is 143 Å². The number of nitrogens with one attached hydrogen (secondary N) is 2. The van der Waals surface area contributed by atoms with Gasteiger partial charge in [0.15, 0.2) is 0 Å². The summed E-state index contributed by atoms with van der Waals surface area (Å²) in [4.78, 5) is 23.8. The van der Waals surface area contributed by atoms with E-state index in [-0.39, 0.29) is 30.1 Å². The maximum Gasteiger partial charge on any atom is 0.253 e. The van der Waals surface area contributed by atoms with Crippen molar-refractivity contribution in [2.75, 3.05) is 17.7 Å². The molecule has 0 aliphatic carbocycles. The summed E-state index contributed by atoms with van der Waals surface area (Å²) in [5.41, 5.74) is 7.07. The maximum absolute atomic E-state index is 12.1. The first kappa shape index (κ1) is 21.4. The van der Waals surface area contributed by atoms with E-state index in [4.69, 9.17) is 10.5 Å². The fourth-order valence-electron chi connectivity index (χ4n) is 1.76. The van der Waals surface area contributed by atoms with Gasteiger partial charge in [-0.15, -0.1) is 12.4 Å². The van der Waals surface area contributed by atoms with E-state index in [1.54, 1.807) is 31.2 Å². The fourth-order valence-corrected chi connectivity index (χ4v) is 1.76. The zero-order chi connectivity index (χ0) is 16.7. The number of amides is 2. The zero-order valence-electron chi connectivity index (χ0n) is 14.0. The Morgan fingerprint density at radius 1 is 1.17 bits per heavy atom. The van der Waals surface area contributed by atoms with Gasteiger partial charge in [-0.05, 0) is 31.0 Å². The Morgan fingerprint density at radius 2 is 1.70 bits per heavy atom. The Morgan fingerprint density at radius 3 is 2.17 bits per heavy atom. The molecule has 1 rings (SSSR count). The third-order valence-corrected chi connectivity index (χ3v) is 3.68. The first-order valence-electron chi connectivity index (χ1n) is 7.39. The van der Waals surface area contributed by atoms with Crippen LogP contribution in [0.1, 0.15) is 27.2 Å². The first-order valence-corrected chi connectivity index (χ1v) is 7.39. The Hall–Kier alpha value is -1.63. The molecule has 0 saturated carbocycles. The summed E-state index contributed by atoms with van der Waals surface area (Å²) in [5.74, 6) is -0.379. The predicted octanol–water partition coefficient (Wildman–Crippen LogP) is 2.39. The molecule has 2 amide bonds. The lowest BCUT2D eigenvalue weighted by molar-refractivity contribution is -0.124. The minimum Gasteiger partial charge on any atom is -0.372 e. The van der Waals surface area contributed by atoms with Crippen LogP contribution in [0.25, 0.3) is 0 Å². The van der Waals surface area contributed by atoms with E-state index >= 15 is 0 Å². The highest BCUT2D eigenvalue weighted by Crippen LogP contribution is 2.16. The summed E-state index contributed by atoms with van der Waals surface area (Å²) >= 11 is 0. The monoisotopic (exact) mass is 343 g/mol. The number of hydrogen-bond donors (Lipinski definition) is 3. The van der Waals surface area contributed by atoms with Gasteiger partial charge in [-0.3, -0.25) is 9.59 Å². The molecule has 0 saturated heterocycles. The smallest absolute Gasteiger partial charge is 0.253 e. The molecule has 0 heterocycles. The highest BCUT2D eigenvalue weighted by Gasteiger charge is 2.19. The number of ether oxygens (including phenoxy) is 1. The standard InChI is InChI=1S/C16H25N3O3.ClH/c1-5-10(2)14(17)16(21)19-13-8-6-7-12(9-13)18-15(20)11(3)22-4;/h6-11,14H,5,17H2,1-4H3,(H,18,20)(H,19,21);1H. The van der Waals surface area contributed by atoms with E-state index in [2.05, 4.69) is 10.6 Å². The largest absolute Gasteiger partial charge is 0.372 e. The van der Waals surface area contributed by atoms with Crippen LogP contribution in [0.4, 0.5) is 11.4 Å². The minimum atomic E-state index is -0.559. The van der Waals surface area contributed by atoms with Crippen molar-refractivity contribution in [2.45, 2.75) is 39.3 Å². The normalized spacial score (nSPS) is 14.1. The first-order chi connectivity index (χ1) is 10.4. The second-order valence-electron chi connectivity index (χ2n) is 5.35. The van der Waals surface area contributed by atoms with Crippen molar-refractivity contribution < 1.29 is 14.3 Å². The molecule has 1 aromatic rings. The van der Waals surface area contributed by atoms with Crippen molar-refractivity contribution >= 4 is 35.6 Å². The lowest BCUT2D eigenvalue weighted by Crippen LogP contribution is -2.40. The van der Waals surface area contributed by atoms with Crippen LogP contribution in [0.2, 0.25) is 0 Å². The Balaban J connectivity index is 0.00000484. The summed E-state index contributed by atoms with van der Waals surface area (Å²) in [6, 6.07) is 6.36. The van der Waals surface area contributed by atoms with Crippen LogP contribution >= 0.6 is 12.4 Å². The molecule has 0 radical (unpaired) electrons. The van der Waals surface area contributed by atoms with Crippen molar-refractivity contribution in [1.82, 2.24) is 0 Å². The van der Waals surface area contributed by atoms with Gasteiger partial charge in [-0.2, -0.15) is 0 Å². The molecular formula is C16H26ClN3O3. The lowest BCUT2D eigenvalue weighted by atomic mass is 9.99. The van der Waals surface area contributed by atoms with Crippen LogP contribution in [0, 0.1) is 5.92 Å². The van der Waals surface area contributed by atoms with E-state index in [9.17, 15) is 9.59 Å². The molecule has 1 aromatic carbocycles. The van der Waals surface area contributed by atoms with Gasteiger partial charge in [0, 0.05) is 18.5 Å². The number of hydrogen-bond acceptors (Lipinski definition) is 4.